The van der Waals surface area contributed by atoms with Gasteiger partial charge in [0.2, 0.25) is 0 Å². The Balaban J connectivity index is 1.41. The predicted octanol–water partition coefficient (Wildman–Crippen LogP) is 3.13. The van der Waals surface area contributed by atoms with Crippen LogP contribution in [0.5, 0.6) is 0 Å². The largest absolute Gasteiger partial charge is 0.369 e. The van der Waals surface area contributed by atoms with Gasteiger partial charge in [0.05, 0.1) is 6.04 Å². The summed E-state index contributed by atoms with van der Waals surface area (Å²) in [4.78, 5) is 33.1. The summed E-state index contributed by atoms with van der Waals surface area (Å²) >= 11 is 1.71. The van der Waals surface area contributed by atoms with Crippen molar-refractivity contribution >= 4 is 28.8 Å². The van der Waals surface area contributed by atoms with Crippen molar-refractivity contribution in [3.05, 3.63) is 52.7 Å². The molecule has 0 aliphatic carbocycles. The topological polar surface area (TPSA) is 55.9 Å². The third kappa shape index (κ3) is 5.28. The van der Waals surface area contributed by atoms with Crippen LogP contribution in [0.2, 0.25) is 0 Å². The van der Waals surface area contributed by atoms with Crippen LogP contribution in [0.1, 0.15) is 37.1 Å². The maximum atomic E-state index is 12.7. The maximum Gasteiger partial charge on any atom is 0.311 e. The molecule has 2 saturated heterocycles. The van der Waals surface area contributed by atoms with Gasteiger partial charge in [0.1, 0.15) is 0 Å². The smallest absolute Gasteiger partial charge is 0.311 e. The number of thiophene rings is 1. The van der Waals surface area contributed by atoms with Crippen molar-refractivity contribution < 1.29 is 9.59 Å². The van der Waals surface area contributed by atoms with Crippen molar-refractivity contribution in [2.24, 2.45) is 0 Å². The summed E-state index contributed by atoms with van der Waals surface area (Å²) in [6.45, 7) is 7.12. The number of piperazine rings is 1. The second-order valence-corrected chi connectivity index (χ2v) is 9.41. The van der Waals surface area contributed by atoms with E-state index in [0.717, 1.165) is 45.4 Å². The number of nitrogens with zero attached hydrogens (tertiary/aromatic N) is 3. The van der Waals surface area contributed by atoms with Gasteiger partial charge in [0, 0.05) is 55.9 Å². The number of nitrogens with one attached hydrogen (secondary N) is 1. The van der Waals surface area contributed by atoms with Crippen LogP contribution >= 0.6 is 11.3 Å². The molecular weight excluding hydrogens is 408 g/mol. The molecule has 0 unspecified atom stereocenters. The lowest BCUT2D eigenvalue weighted by Crippen LogP contribution is -2.54. The van der Waals surface area contributed by atoms with E-state index < -0.39 is 5.91 Å². The molecule has 2 fully saturated rings. The number of amides is 2. The van der Waals surface area contributed by atoms with Crippen LogP contribution in [-0.2, 0) is 9.59 Å². The van der Waals surface area contributed by atoms with Crippen molar-refractivity contribution in [2.75, 3.05) is 44.2 Å². The van der Waals surface area contributed by atoms with Gasteiger partial charge >= 0.3 is 11.8 Å². The van der Waals surface area contributed by atoms with E-state index in [-0.39, 0.29) is 18.0 Å². The lowest BCUT2D eigenvalue weighted by atomic mass is 10.0. The van der Waals surface area contributed by atoms with E-state index in [9.17, 15) is 9.59 Å². The number of hydrogen-bond acceptors (Lipinski definition) is 5. The van der Waals surface area contributed by atoms with E-state index in [1.165, 1.54) is 10.6 Å². The quantitative estimate of drug-likeness (QED) is 0.726. The third-order valence-corrected chi connectivity index (χ3v) is 7.28. The molecule has 6 nitrogen and oxygen atoms in total. The fraction of sp³-hybridized carbons (Fsp3) is 0.500. The minimum atomic E-state index is -0.473. The molecular formula is C24H32N4O2S. The van der Waals surface area contributed by atoms with E-state index in [1.807, 2.05) is 13.0 Å². The van der Waals surface area contributed by atoms with Crippen LogP contribution in [0, 0.1) is 0 Å². The van der Waals surface area contributed by atoms with Crippen LogP contribution in [0.3, 0.4) is 0 Å². The zero-order valence-electron chi connectivity index (χ0n) is 18.2. The van der Waals surface area contributed by atoms with Crippen molar-refractivity contribution in [1.29, 1.82) is 0 Å². The van der Waals surface area contributed by atoms with Gasteiger partial charge in [-0.3, -0.25) is 14.5 Å². The number of likely N-dealkylation sites (tertiary alicyclic amines) is 1. The van der Waals surface area contributed by atoms with Crippen LogP contribution in [0.15, 0.2) is 47.8 Å². The maximum absolute atomic E-state index is 12.7. The van der Waals surface area contributed by atoms with Gasteiger partial charge in [-0.25, -0.2) is 0 Å². The van der Waals surface area contributed by atoms with Gasteiger partial charge in [-0.1, -0.05) is 24.3 Å². The van der Waals surface area contributed by atoms with Gasteiger partial charge in [-0.15, -0.1) is 11.3 Å². The highest BCUT2D eigenvalue weighted by Gasteiger charge is 2.33. The Hall–Kier alpha value is -2.38. The second kappa shape index (κ2) is 10.3. The second-order valence-electron chi connectivity index (χ2n) is 8.43. The number of para-hydroxylation sites is 1. The van der Waals surface area contributed by atoms with Crippen molar-refractivity contribution in [3.63, 3.8) is 0 Å². The number of piperidine rings is 1. The fourth-order valence-electron chi connectivity index (χ4n) is 4.69. The molecule has 4 rings (SSSR count). The Kier molecular flexibility index (Phi) is 7.25. The molecule has 2 aromatic rings. The van der Waals surface area contributed by atoms with Crippen molar-refractivity contribution in [3.8, 4) is 0 Å². The number of carbonyl (C=O) groups is 2. The van der Waals surface area contributed by atoms with Crippen LogP contribution in [0.25, 0.3) is 0 Å². The Morgan fingerprint density at radius 3 is 2.26 bits per heavy atom. The van der Waals surface area contributed by atoms with Crippen molar-refractivity contribution in [1.82, 2.24) is 15.1 Å². The summed E-state index contributed by atoms with van der Waals surface area (Å²) in [5, 5.41) is 5.11. The standard InChI is InChI=1S/C24H32N4O2S/c1-19(25-23(29)24(30)28-12-6-3-7-13-28)22(21-11-8-18-31-21)27-16-14-26(15-17-27)20-9-4-2-5-10-20/h2,4-5,8-11,18-19,22H,3,6-7,12-17H2,1H3,(H,25,29)/t19-,22+/m1/s1. The fourth-order valence-corrected chi connectivity index (χ4v) is 5.65. The molecule has 0 spiro atoms. The molecule has 0 saturated carbocycles. The Bertz CT molecular complexity index is 844. The first-order valence-corrected chi connectivity index (χ1v) is 12.2. The Morgan fingerprint density at radius 1 is 0.903 bits per heavy atom. The average molecular weight is 441 g/mol. The number of benzene rings is 1. The highest BCUT2D eigenvalue weighted by molar-refractivity contribution is 7.10. The molecule has 0 radical (unpaired) electrons. The number of anilines is 1. The molecule has 1 N–H and O–H groups in total. The number of rotatable bonds is 5. The van der Waals surface area contributed by atoms with E-state index in [4.69, 9.17) is 0 Å². The number of hydrogen-bond donors (Lipinski definition) is 1. The molecule has 1 aromatic carbocycles. The summed E-state index contributed by atoms with van der Waals surface area (Å²) in [5.74, 6) is -0.857. The summed E-state index contributed by atoms with van der Waals surface area (Å²) in [5.41, 5.74) is 1.25. The molecule has 7 heteroatoms. The molecule has 0 bridgehead atoms. The molecule has 3 heterocycles. The molecule has 2 aliphatic heterocycles. The predicted molar refractivity (Wildman–Crippen MR) is 125 cm³/mol. The van der Waals surface area contributed by atoms with Crippen LogP contribution in [0.4, 0.5) is 5.69 Å². The van der Waals surface area contributed by atoms with Gasteiger partial charge < -0.3 is 15.1 Å². The van der Waals surface area contributed by atoms with Gasteiger partial charge in [0.25, 0.3) is 0 Å². The summed E-state index contributed by atoms with van der Waals surface area (Å²) in [7, 11) is 0. The Labute approximate surface area is 188 Å². The first-order valence-electron chi connectivity index (χ1n) is 11.3. The van der Waals surface area contributed by atoms with Gasteiger partial charge in [-0.05, 0) is 49.8 Å². The Morgan fingerprint density at radius 2 is 1.61 bits per heavy atom. The molecule has 31 heavy (non-hydrogen) atoms. The molecule has 2 amide bonds. The number of carbonyl (C=O) groups excluding carboxylic acids is 2. The minimum absolute atomic E-state index is 0.0658. The lowest BCUT2D eigenvalue weighted by Gasteiger charge is -2.42. The zero-order chi connectivity index (χ0) is 21.6. The first kappa shape index (κ1) is 21.8. The molecule has 1 aromatic heterocycles. The highest BCUT2D eigenvalue weighted by Crippen LogP contribution is 2.30. The SMILES string of the molecule is C[C@@H](NC(=O)C(=O)N1CCCCC1)[C@@H](c1cccs1)N1CCN(c2ccccc2)CC1. The van der Waals surface area contributed by atoms with E-state index in [1.54, 1.807) is 16.2 Å². The summed E-state index contributed by atoms with van der Waals surface area (Å²) in [6, 6.07) is 14.6. The molecule has 2 aliphatic rings. The van der Waals surface area contributed by atoms with Crippen LogP contribution in [-0.4, -0.2) is 66.9 Å². The van der Waals surface area contributed by atoms with E-state index >= 15 is 0 Å². The van der Waals surface area contributed by atoms with E-state index in [0.29, 0.717) is 13.1 Å². The highest BCUT2D eigenvalue weighted by atomic mass is 32.1. The van der Waals surface area contributed by atoms with E-state index in [2.05, 4.69) is 56.9 Å². The first-order chi connectivity index (χ1) is 15.1. The normalized spacial score (nSPS) is 19.6. The zero-order valence-corrected chi connectivity index (χ0v) is 19.0. The average Bonchev–Trinajstić information content (AvgIpc) is 3.34. The monoisotopic (exact) mass is 440 g/mol. The molecule has 166 valence electrons. The van der Waals surface area contributed by atoms with Gasteiger partial charge in [-0.2, -0.15) is 0 Å². The summed E-state index contributed by atoms with van der Waals surface area (Å²) in [6.07, 6.45) is 3.10. The van der Waals surface area contributed by atoms with Crippen LogP contribution < -0.4 is 10.2 Å². The lowest BCUT2D eigenvalue weighted by molar-refractivity contribution is -0.147. The minimum Gasteiger partial charge on any atom is -0.369 e. The van der Waals surface area contributed by atoms with Gasteiger partial charge in [0.15, 0.2) is 0 Å². The third-order valence-electron chi connectivity index (χ3n) is 6.33. The summed E-state index contributed by atoms with van der Waals surface area (Å²) < 4.78 is 0. The van der Waals surface area contributed by atoms with Crippen molar-refractivity contribution in [2.45, 2.75) is 38.3 Å². The molecule has 2 atom stereocenters.